The van der Waals surface area contributed by atoms with E-state index in [9.17, 15) is 4.79 Å². The minimum Gasteiger partial charge on any atom is -0.368 e. The Hall–Kier alpha value is -1.72. The Labute approximate surface area is 123 Å². The summed E-state index contributed by atoms with van der Waals surface area (Å²) >= 11 is 1.65. The third-order valence-electron chi connectivity index (χ3n) is 2.97. The van der Waals surface area contributed by atoms with Crippen molar-refractivity contribution in [3.8, 4) is 0 Å². The standard InChI is InChI=1S/C15H19N3OS/c1-10(2)15-18-12(9-20-15)8-17-13(14(16)19)11-6-4-3-5-7-11/h3-7,9-10,13,17H,8H2,1-2H3,(H2,16,19). The van der Waals surface area contributed by atoms with Gasteiger partial charge in [-0.1, -0.05) is 44.2 Å². The predicted octanol–water partition coefficient (Wildman–Crippen LogP) is 2.58. The third-order valence-corrected chi connectivity index (χ3v) is 4.16. The lowest BCUT2D eigenvalue weighted by Gasteiger charge is -2.14. The van der Waals surface area contributed by atoms with Gasteiger partial charge in [-0.2, -0.15) is 0 Å². The number of nitrogens with two attached hydrogens (primary N) is 1. The van der Waals surface area contributed by atoms with Gasteiger partial charge in [0.2, 0.25) is 5.91 Å². The summed E-state index contributed by atoms with van der Waals surface area (Å²) < 4.78 is 0. The van der Waals surface area contributed by atoms with E-state index in [-0.39, 0.29) is 5.91 Å². The number of aromatic nitrogens is 1. The Kier molecular flexibility index (Phi) is 4.87. The van der Waals surface area contributed by atoms with E-state index >= 15 is 0 Å². The maximum Gasteiger partial charge on any atom is 0.239 e. The van der Waals surface area contributed by atoms with Gasteiger partial charge in [0.15, 0.2) is 0 Å². The smallest absolute Gasteiger partial charge is 0.239 e. The Morgan fingerprint density at radius 1 is 1.35 bits per heavy atom. The van der Waals surface area contributed by atoms with Crippen LogP contribution in [0, 0.1) is 0 Å². The largest absolute Gasteiger partial charge is 0.368 e. The summed E-state index contributed by atoms with van der Waals surface area (Å²) in [6, 6.07) is 9.00. The molecule has 1 aromatic carbocycles. The van der Waals surface area contributed by atoms with E-state index in [4.69, 9.17) is 5.73 Å². The monoisotopic (exact) mass is 289 g/mol. The van der Waals surface area contributed by atoms with E-state index in [2.05, 4.69) is 24.1 Å². The molecule has 106 valence electrons. The fourth-order valence-corrected chi connectivity index (χ4v) is 2.74. The molecule has 0 aliphatic carbocycles. The number of thiazole rings is 1. The summed E-state index contributed by atoms with van der Waals surface area (Å²) in [6.45, 7) is 4.77. The van der Waals surface area contributed by atoms with Gasteiger partial charge < -0.3 is 5.73 Å². The number of nitrogens with zero attached hydrogens (tertiary/aromatic N) is 1. The molecule has 0 aliphatic rings. The summed E-state index contributed by atoms with van der Waals surface area (Å²) in [7, 11) is 0. The molecule has 0 fully saturated rings. The first kappa shape index (κ1) is 14.7. The first-order chi connectivity index (χ1) is 9.58. The molecule has 2 rings (SSSR count). The summed E-state index contributed by atoms with van der Waals surface area (Å²) in [5.74, 6) is 0.0466. The molecule has 1 unspecified atom stereocenters. The fourth-order valence-electron chi connectivity index (χ4n) is 1.90. The summed E-state index contributed by atoms with van der Waals surface area (Å²) in [5, 5.41) is 6.30. The van der Waals surface area contributed by atoms with Gasteiger partial charge >= 0.3 is 0 Å². The molecule has 0 saturated heterocycles. The fraction of sp³-hybridized carbons (Fsp3) is 0.333. The summed E-state index contributed by atoms with van der Waals surface area (Å²) in [6.07, 6.45) is 0. The van der Waals surface area contributed by atoms with Crippen molar-refractivity contribution in [1.82, 2.24) is 10.3 Å². The van der Waals surface area contributed by atoms with Crippen LogP contribution in [-0.4, -0.2) is 10.9 Å². The van der Waals surface area contributed by atoms with Crippen molar-refractivity contribution in [3.63, 3.8) is 0 Å². The highest BCUT2D eigenvalue weighted by Gasteiger charge is 2.17. The molecule has 1 amide bonds. The Morgan fingerprint density at radius 3 is 2.60 bits per heavy atom. The zero-order valence-electron chi connectivity index (χ0n) is 11.7. The van der Waals surface area contributed by atoms with Crippen LogP contribution in [0.2, 0.25) is 0 Å². The average Bonchev–Trinajstić information content (AvgIpc) is 2.89. The zero-order chi connectivity index (χ0) is 14.5. The van der Waals surface area contributed by atoms with Gasteiger partial charge in [-0.25, -0.2) is 4.98 Å². The quantitative estimate of drug-likeness (QED) is 0.859. The lowest BCUT2D eigenvalue weighted by atomic mass is 10.1. The second-order valence-electron chi connectivity index (χ2n) is 4.96. The molecule has 0 spiro atoms. The maximum absolute atomic E-state index is 11.6. The Balaban J connectivity index is 2.04. The molecule has 1 atom stereocenters. The van der Waals surface area contributed by atoms with Crippen LogP contribution < -0.4 is 11.1 Å². The van der Waals surface area contributed by atoms with E-state index in [1.54, 1.807) is 11.3 Å². The van der Waals surface area contributed by atoms with E-state index in [1.807, 2.05) is 35.7 Å². The topological polar surface area (TPSA) is 68.0 Å². The predicted molar refractivity (Wildman–Crippen MR) is 81.4 cm³/mol. The number of benzene rings is 1. The Morgan fingerprint density at radius 2 is 2.05 bits per heavy atom. The summed E-state index contributed by atoms with van der Waals surface area (Å²) in [5.41, 5.74) is 7.29. The van der Waals surface area contributed by atoms with Crippen molar-refractivity contribution in [3.05, 3.63) is 52.0 Å². The van der Waals surface area contributed by atoms with Crippen LogP contribution >= 0.6 is 11.3 Å². The van der Waals surface area contributed by atoms with Gasteiger partial charge in [-0.3, -0.25) is 10.1 Å². The average molecular weight is 289 g/mol. The number of hydrogen-bond donors (Lipinski definition) is 2. The third kappa shape index (κ3) is 3.65. The minimum absolute atomic E-state index is 0.379. The minimum atomic E-state index is -0.486. The lowest BCUT2D eigenvalue weighted by molar-refractivity contribution is -0.120. The van der Waals surface area contributed by atoms with E-state index in [0.29, 0.717) is 12.5 Å². The van der Waals surface area contributed by atoms with Crippen LogP contribution in [-0.2, 0) is 11.3 Å². The molecule has 1 aromatic heterocycles. The van der Waals surface area contributed by atoms with Gasteiger partial charge in [0.1, 0.15) is 6.04 Å². The highest BCUT2D eigenvalue weighted by atomic mass is 32.1. The van der Waals surface area contributed by atoms with Crippen molar-refractivity contribution >= 4 is 17.2 Å². The second kappa shape index (κ2) is 6.63. The molecule has 0 bridgehead atoms. The molecule has 2 aromatic rings. The highest BCUT2D eigenvalue weighted by Crippen LogP contribution is 2.20. The number of hydrogen-bond acceptors (Lipinski definition) is 4. The van der Waals surface area contributed by atoms with Crippen molar-refractivity contribution in [2.75, 3.05) is 0 Å². The van der Waals surface area contributed by atoms with E-state index < -0.39 is 6.04 Å². The molecular formula is C15H19N3OS. The molecular weight excluding hydrogens is 270 g/mol. The van der Waals surface area contributed by atoms with Crippen molar-refractivity contribution in [2.45, 2.75) is 32.4 Å². The van der Waals surface area contributed by atoms with Crippen molar-refractivity contribution in [1.29, 1.82) is 0 Å². The SMILES string of the molecule is CC(C)c1nc(CNC(C(N)=O)c2ccccc2)cs1. The molecule has 3 N–H and O–H groups in total. The van der Waals surface area contributed by atoms with Crippen LogP contribution in [0.5, 0.6) is 0 Å². The van der Waals surface area contributed by atoms with Crippen molar-refractivity contribution in [2.24, 2.45) is 5.73 Å². The lowest BCUT2D eigenvalue weighted by Crippen LogP contribution is -2.33. The molecule has 0 radical (unpaired) electrons. The molecule has 0 saturated carbocycles. The highest BCUT2D eigenvalue weighted by molar-refractivity contribution is 7.09. The number of amides is 1. The van der Waals surface area contributed by atoms with Gasteiger partial charge in [-0.15, -0.1) is 11.3 Å². The van der Waals surface area contributed by atoms with Crippen molar-refractivity contribution < 1.29 is 4.79 Å². The summed E-state index contributed by atoms with van der Waals surface area (Å²) in [4.78, 5) is 16.1. The first-order valence-corrected chi connectivity index (χ1v) is 7.48. The van der Waals surface area contributed by atoms with Crippen LogP contribution in [0.25, 0.3) is 0 Å². The molecule has 5 heteroatoms. The molecule has 0 aliphatic heterocycles. The molecule has 20 heavy (non-hydrogen) atoms. The first-order valence-electron chi connectivity index (χ1n) is 6.60. The van der Waals surface area contributed by atoms with Crippen LogP contribution in [0.1, 0.15) is 42.1 Å². The van der Waals surface area contributed by atoms with E-state index in [1.165, 1.54) is 0 Å². The van der Waals surface area contributed by atoms with Gasteiger partial charge in [0.05, 0.1) is 10.7 Å². The number of carbonyl (C=O) groups is 1. The molecule has 4 nitrogen and oxygen atoms in total. The zero-order valence-corrected chi connectivity index (χ0v) is 12.5. The maximum atomic E-state index is 11.6. The Bertz CT molecular complexity index is 566. The van der Waals surface area contributed by atoms with Crippen LogP contribution in [0.3, 0.4) is 0 Å². The number of carbonyl (C=O) groups excluding carboxylic acids is 1. The normalized spacial score (nSPS) is 12.6. The van der Waals surface area contributed by atoms with Gasteiger partial charge in [0.25, 0.3) is 0 Å². The number of nitrogens with one attached hydrogen (secondary N) is 1. The van der Waals surface area contributed by atoms with Gasteiger partial charge in [-0.05, 0) is 5.56 Å². The van der Waals surface area contributed by atoms with Gasteiger partial charge in [0, 0.05) is 17.8 Å². The molecule has 1 heterocycles. The van der Waals surface area contributed by atoms with Crippen LogP contribution in [0.4, 0.5) is 0 Å². The number of primary amides is 1. The van der Waals surface area contributed by atoms with E-state index in [0.717, 1.165) is 16.3 Å². The second-order valence-corrected chi connectivity index (χ2v) is 5.85. The van der Waals surface area contributed by atoms with Crippen LogP contribution in [0.15, 0.2) is 35.7 Å². The number of rotatable bonds is 6.